The summed E-state index contributed by atoms with van der Waals surface area (Å²) in [6.45, 7) is 2.59. The maximum atomic E-state index is 14.1. The van der Waals surface area contributed by atoms with E-state index in [-0.39, 0.29) is 5.82 Å². The molecule has 0 spiro atoms. The van der Waals surface area contributed by atoms with Crippen LogP contribution in [0.3, 0.4) is 0 Å². The van der Waals surface area contributed by atoms with Gasteiger partial charge in [-0.1, -0.05) is 46.1 Å². The van der Waals surface area contributed by atoms with Gasteiger partial charge in [0, 0.05) is 16.2 Å². The van der Waals surface area contributed by atoms with Crippen LogP contribution in [0.2, 0.25) is 10.0 Å². The van der Waals surface area contributed by atoms with Crippen LogP contribution in [-0.2, 0) is 0 Å². The number of hydrogen-bond donors (Lipinski definition) is 1. The fourth-order valence-corrected chi connectivity index (χ4v) is 2.80. The van der Waals surface area contributed by atoms with Crippen LogP contribution in [0.4, 0.5) is 4.39 Å². The molecular formula is C14H12BrCl2FN2. The Morgan fingerprint density at radius 3 is 2.75 bits per heavy atom. The third kappa shape index (κ3) is 3.50. The highest BCUT2D eigenvalue weighted by Crippen LogP contribution is 2.31. The molecule has 0 fully saturated rings. The molecule has 1 N–H and O–H groups in total. The van der Waals surface area contributed by atoms with Gasteiger partial charge in [0.25, 0.3) is 0 Å². The van der Waals surface area contributed by atoms with Crippen molar-refractivity contribution in [1.82, 2.24) is 10.3 Å². The van der Waals surface area contributed by atoms with Crippen LogP contribution in [0, 0.1) is 5.82 Å². The minimum Gasteiger partial charge on any atom is -0.305 e. The summed E-state index contributed by atoms with van der Waals surface area (Å²) < 4.78 is 14.9. The van der Waals surface area contributed by atoms with Crippen LogP contribution < -0.4 is 5.32 Å². The van der Waals surface area contributed by atoms with Gasteiger partial charge >= 0.3 is 0 Å². The van der Waals surface area contributed by atoms with Crippen molar-refractivity contribution in [3.05, 3.63) is 62.1 Å². The first-order valence-electron chi connectivity index (χ1n) is 6.02. The third-order valence-corrected chi connectivity index (χ3v) is 3.79. The quantitative estimate of drug-likeness (QED) is 0.811. The first-order valence-corrected chi connectivity index (χ1v) is 7.57. The topological polar surface area (TPSA) is 24.9 Å². The molecule has 0 saturated heterocycles. The Morgan fingerprint density at radius 1 is 1.35 bits per heavy atom. The van der Waals surface area contributed by atoms with E-state index in [0.29, 0.717) is 27.8 Å². The summed E-state index contributed by atoms with van der Waals surface area (Å²) in [4.78, 5) is 4.24. The van der Waals surface area contributed by atoms with E-state index in [9.17, 15) is 4.39 Å². The molecule has 6 heteroatoms. The predicted molar refractivity (Wildman–Crippen MR) is 83.9 cm³/mol. The molecule has 0 bridgehead atoms. The molecule has 0 aliphatic rings. The van der Waals surface area contributed by atoms with Crippen LogP contribution in [0.5, 0.6) is 0 Å². The molecule has 0 aliphatic carbocycles. The van der Waals surface area contributed by atoms with E-state index in [0.717, 1.165) is 4.47 Å². The number of nitrogens with zero attached hydrogens (tertiary/aromatic N) is 1. The average Bonchev–Trinajstić information content (AvgIpc) is 2.40. The van der Waals surface area contributed by atoms with Crippen molar-refractivity contribution in [2.75, 3.05) is 6.54 Å². The maximum absolute atomic E-state index is 14.1. The number of halogens is 4. The van der Waals surface area contributed by atoms with E-state index in [1.165, 1.54) is 12.3 Å². The standard InChI is InChI=1S/C14H12BrCl2FN2/c1-2-19-13(10-5-8(15)3-4-12(10)18)14-11(17)6-9(16)7-20-14/h3-7,13,19H,2H2,1H3. The van der Waals surface area contributed by atoms with Crippen LogP contribution in [0.1, 0.15) is 24.2 Å². The Hall–Kier alpha value is -0.680. The zero-order valence-electron chi connectivity index (χ0n) is 10.6. The first kappa shape index (κ1) is 15.7. The van der Waals surface area contributed by atoms with Gasteiger partial charge in [0.05, 0.1) is 21.8 Å². The van der Waals surface area contributed by atoms with Crippen molar-refractivity contribution in [2.45, 2.75) is 13.0 Å². The maximum Gasteiger partial charge on any atom is 0.128 e. The van der Waals surface area contributed by atoms with Crippen LogP contribution in [0.25, 0.3) is 0 Å². The highest BCUT2D eigenvalue weighted by Gasteiger charge is 2.21. The molecule has 2 rings (SSSR count). The summed E-state index contributed by atoms with van der Waals surface area (Å²) in [5.41, 5.74) is 1.04. The van der Waals surface area contributed by atoms with Crippen molar-refractivity contribution in [1.29, 1.82) is 0 Å². The third-order valence-electron chi connectivity index (χ3n) is 2.79. The minimum atomic E-state index is -0.428. The molecule has 106 valence electrons. The summed E-state index contributed by atoms with van der Waals surface area (Å²) in [6, 6.07) is 5.95. The fraction of sp³-hybridized carbons (Fsp3) is 0.214. The van der Waals surface area contributed by atoms with E-state index >= 15 is 0 Å². The van der Waals surface area contributed by atoms with E-state index in [1.54, 1.807) is 18.2 Å². The molecule has 2 nitrogen and oxygen atoms in total. The van der Waals surface area contributed by atoms with Crippen LogP contribution >= 0.6 is 39.1 Å². The minimum absolute atomic E-state index is 0.313. The van der Waals surface area contributed by atoms with Gasteiger partial charge in [-0.25, -0.2) is 4.39 Å². The van der Waals surface area contributed by atoms with Gasteiger partial charge in [-0.05, 0) is 30.8 Å². The first-order chi connectivity index (χ1) is 9.52. The Balaban J connectivity index is 2.53. The number of benzene rings is 1. The highest BCUT2D eigenvalue weighted by atomic mass is 79.9. The summed E-state index contributed by atoms with van der Waals surface area (Å²) in [7, 11) is 0. The smallest absolute Gasteiger partial charge is 0.128 e. The number of nitrogens with one attached hydrogen (secondary N) is 1. The van der Waals surface area contributed by atoms with Crippen molar-refractivity contribution in [3.63, 3.8) is 0 Å². The molecule has 2 aromatic rings. The average molecular weight is 378 g/mol. The molecule has 0 radical (unpaired) electrons. The van der Waals surface area contributed by atoms with E-state index in [1.807, 2.05) is 6.92 Å². The Kier molecular flexibility index (Phi) is 5.38. The largest absolute Gasteiger partial charge is 0.305 e. The van der Waals surface area contributed by atoms with Gasteiger partial charge in [0.1, 0.15) is 5.82 Å². The van der Waals surface area contributed by atoms with Crippen molar-refractivity contribution in [3.8, 4) is 0 Å². The zero-order chi connectivity index (χ0) is 14.7. The Labute approximate surface area is 135 Å². The second-order valence-corrected chi connectivity index (χ2v) is 5.94. The molecule has 0 saturated carbocycles. The second-order valence-electron chi connectivity index (χ2n) is 4.18. The lowest BCUT2D eigenvalue weighted by Crippen LogP contribution is -2.24. The zero-order valence-corrected chi connectivity index (χ0v) is 13.7. The van der Waals surface area contributed by atoms with Crippen molar-refractivity contribution in [2.24, 2.45) is 0 Å². The SMILES string of the molecule is CCNC(c1cc(Br)ccc1F)c1ncc(Cl)cc1Cl. The van der Waals surface area contributed by atoms with Gasteiger partial charge in [-0.15, -0.1) is 0 Å². The molecule has 1 unspecified atom stereocenters. The van der Waals surface area contributed by atoms with E-state index < -0.39 is 6.04 Å². The molecule has 1 atom stereocenters. The lowest BCUT2D eigenvalue weighted by atomic mass is 10.0. The fourth-order valence-electron chi connectivity index (χ4n) is 1.93. The summed E-state index contributed by atoms with van der Waals surface area (Å²) in [5.74, 6) is -0.313. The van der Waals surface area contributed by atoms with Crippen LogP contribution in [0.15, 0.2) is 34.9 Å². The molecule has 1 heterocycles. The van der Waals surface area contributed by atoms with Gasteiger partial charge < -0.3 is 5.32 Å². The Bertz CT molecular complexity index is 622. The molecule has 20 heavy (non-hydrogen) atoms. The van der Waals surface area contributed by atoms with Crippen molar-refractivity contribution >= 4 is 39.1 Å². The molecule has 1 aromatic carbocycles. The lowest BCUT2D eigenvalue weighted by molar-refractivity contribution is 0.551. The summed E-state index contributed by atoms with van der Waals surface area (Å²) >= 11 is 15.4. The number of aromatic nitrogens is 1. The molecule has 1 aromatic heterocycles. The number of pyridine rings is 1. The molecule has 0 aliphatic heterocycles. The molecular weight excluding hydrogens is 366 g/mol. The monoisotopic (exact) mass is 376 g/mol. The van der Waals surface area contributed by atoms with Gasteiger partial charge in [0.2, 0.25) is 0 Å². The van der Waals surface area contributed by atoms with Gasteiger partial charge in [0.15, 0.2) is 0 Å². The van der Waals surface area contributed by atoms with Gasteiger partial charge in [-0.3, -0.25) is 4.98 Å². The number of hydrogen-bond acceptors (Lipinski definition) is 2. The van der Waals surface area contributed by atoms with Crippen LogP contribution in [-0.4, -0.2) is 11.5 Å². The highest BCUT2D eigenvalue weighted by molar-refractivity contribution is 9.10. The summed E-state index contributed by atoms with van der Waals surface area (Å²) in [6.07, 6.45) is 1.50. The normalized spacial score (nSPS) is 12.4. The lowest BCUT2D eigenvalue weighted by Gasteiger charge is -2.20. The Morgan fingerprint density at radius 2 is 2.10 bits per heavy atom. The second kappa shape index (κ2) is 6.85. The van der Waals surface area contributed by atoms with E-state index in [4.69, 9.17) is 23.2 Å². The van der Waals surface area contributed by atoms with E-state index in [2.05, 4.69) is 26.2 Å². The van der Waals surface area contributed by atoms with Gasteiger partial charge in [-0.2, -0.15) is 0 Å². The molecule has 0 amide bonds. The van der Waals surface area contributed by atoms with Crippen molar-refractivity contribution < 1.29 is 4.39 Å². The predicted octanol–water partition coefficient (Wildman–Crippen LogP) is 4.99. The number of rotatable bonds is 4. The summed E-state index contributed by atoms with van der Waals surface area (Å²) in [5, 5.41) is 4.05.